The van der Waals surface area contributed by atoms with E-state index in [2.05, 4.69) is 10.6 Å². The highest BCUT2D eigenvalue weighted by Crippen LogP contribution is 2.18. The number of carbonyl (C=O) groups excluding carboxylic acids is 1. The average Bonchev–Trinajstić information content (AvgIpc) is 2.81. The molecule has 1 unspecified atom stereocenters. The van der Waals surface area contributed by atoms with Crippen LogP contribution in [0.2, 0.25) is 0 Å². The molecule has 0 aliphatic heterocycles. The Morgan fingerprint density at radius 1 is 1.62 bits per heavy atom. The second-order valence-corrected chi connectivity index (χ2v) is 3.67. The third kappa shape index (κ3) is 5.47. The maximum absolute atomic E-state index is 11.1. The second kappa shape index (κ2) is 5.07. The quantitative estimate of drug-likeness (QED) is 0.551. The summed E-state index contributed by atoms with van der Waals surface area (Å²) in [5, 5.41) is 14.5. The molecular formula is C9H18N2O2. The Morgan fingerprint density at radius 3 is 2.85 bits per heavy atom. The van der Waals surface area contributed by atoms with Crippen molar-refractivity contribution < 1.29 is 9.90 Å². The normalized spacial score (nSPS) is 18.0. The SMILES string of the molecule is CC(O)CCCNC(=O)NC1CC1. The van der Waals surface area contributed by atoms with E-state index in [1.54, 1.807) is 6.92 Å². The summed E-state index contributed by atoms with van der Waals surface area (Å²) in [7, 11) is 0. The van der Waals surface area contributed by atoms with Gasteiger partial charge >= 0.3 is 6.03 Å². The van der Waals surface area contributed by atoms with Gasteiger partial charge in [0.25, 0.3) is 0 Å². The van der Waals surface area contributed by atoms with Crippen LogP contribution in [-0.4, -0.2) is 29.8 Å². The molecule has 0 spiro atoms. The van der Waals surface area contributed by atoms with Crippen molar-refractivity contribution in [1.29, 1.82) is 0 Å². The van der Waals surface area contributed by atoms with Gasteiger partial charge < -0.3 is 15.7 Å². The highest BCUT2D eigenvalue weighted by Gasteiger charge is 2.22. The van der Waals surface area contributed by atoms with Gasteiger partial charge in [-0.1, -0.05) is 0 Å². The lowest BCUT2D eigenvalue weighted by atomic mass is 10.2. The van der Waals surface area contributed by atoms with E-state index in [0.29, 0.717) is 12.6 Å². The summed E-state index contributed by atoms with van der Waals surface area (Å²) in [6.07, 6.45) is 3.52. The predicted molar refractivity (Wildman–Crippen MR) is 50.5 cm³/mol. The van der Waals surface area contributed by atoms with Gasteiger partial charge in [-0.2, -0.15) is 0 Å². The lowest BCUT2D eigenvalue weighted by molar-refractivity contribution is 0.181. The second-order valence-electron chi connectivity index (χ2n) is 3.67. The van der Waals surface area contributed by atoms with E-state index in [1.165, 1.54) is 0 Å². The Bertz CT molecular complexity index is 167. The molecule has 3 N–H and O–H groups in total. The predicted octanol–water partition coefficient (Wildman–Crippen LogP) is 0.609. The molecule has 1 aliphatic carbocycles. The zero-order valence-corrected chi connectivity index (χ0v) is 8.05. The Morgan fingerprint density at radius 2 is 2.31 bits per heavy atom. The fraction of sp³-hybridized carbons (Fsp3) is 0.889. The van der Waals surface area contributed by atoms with Crippen LogP contribution in [0.15, 0.2) is 0 Å². The molecule has 13 heavy (non-hydrogen) atoms. The van der Waals surface area contributed by atoms with E-state index in [1.807, 2.05) is 0 Å². The van der Waals surface area contributed by atoms with Crippen molar-refractivity contribution in [2.45, 2.75) is 44.8 Å². The smallest absolute Gasteiger partial charge is 0.315 e. The van der Waals surface area contributed by atoms with Crippen molar-refractivity contribution in [2.24, 2.45) is 0 Å². The molecule has 0 aromatic rings. The van der Waals surface area contributed by atoms with Crippen LogP contribution in [0.5, 0.6) is 0 Å². The number of hydrogen-bond acceptors (Lipinski definition) is 2. The minimum absolute atomic E-state index is 0.0758. The number of nitrogens with one attached hydrogen (secondary N) is 2. The van der Waals surface area contributed by atoms with E-state index < -0.39 is 0 Å². The summed E-state index contributed by atoms with van der Waals surface area (Å²) >= 11 is 0. The van der Waals surface area contributed by atoms with Crippen LogP contribution in [0.3, 0.4) is 0 Å². The molecule has 0 aromatic carbocycles. The van der Waals surface area contributed by atoms with Crippen molar-refractivity contribution in [1.82, 2.24) is 10.6 Å². The summed E-state index contributed by atoms with van der Waals surface area (Å²) in [6.45, 7) is 2.40. The molecule has 1 saturated carbocycles. The van der Waals surface area contributed by atoms with Crippen molar-refractivity contribution >= 4 is 6.03 Å². The first-order chi connectivity index (χ1) is 6.18. The molecule has 1 aliphatic rings. The standard InChI is InChI=1S/C9H18N2O2/c1-7(12)3-2-6-10-9(13)11-8-4-5-8/h7-8,12H,2-6H2,1H3,(H2,10,11,13). The Kier molecular flexibility index (Phi) is 4.02. The molecule has 0 saturated heterocycles. The Balaban J connectivity index is 1.89. The summed E-state index contributed by atoms with van der Waals surface area (Å²) in [6, 6.07) is 0.338. The highest BCUT2D eigenvalue weighted by molar-refractivity contribution is 5.74. The van der Waals surface area contributed by atoms with E-state index >= 15 is 0 Å². The van der Waals surface area contributed by atoms with Crippen LogP contribution in [-0.2, 0) is 0 Å². The van der Waals surface area contributed by atoms with Gasteiger partial charge in [-0.3, -0.25) is 0 Å². The molecule has 0 bridgehead atoms. The topological polar surface area (TPSA) is 61.4 Å². The maximum Gasteiger partial charge on any atom is 0.315 e. The number of aliphatic hydroxyl groups excluding tert-OH is 1. The summed E-state index contributed by atoms with van der Waals surface area (Å²) in [5.41, 5.74) is 0. The van der Waals surface area contributed by atoms with Gasteiger partial charge in [0.05, 0.1) is 6.10 Å². The van der Waals surface area contributed by atoms with Crippen molar-refractivity contribution in [3.05, 3.63) is 0 Å². The lowest BCUT2D eigenvalue weighted by Crippen LogP contribution is -2.37. The van der Waals surface area contributed by atoms with Gasteiger partial charge in [0.15, 0.2) is 0 Å². The molecule has 2 amide bonds. The molecule has 0 heterocycles. The molecular weight excluding hydrogens is 168 g/mol. The van der Waals surface area contributed by atoms with Crippen LogP contribution in [0.1, 0.15) is 32.6 Å². The van der Waals surface area contributed by atoms with Crippen LogP contribution in [0, 0.1) is 0 Å². The first kappa shape index (κ1) is 10.3. The summed E-state index contributed by atoms with van der Waals surface area (Å²) in [4.78, 5) is 11.1. The van der Waals surface area contributed by atoms with Gasteiger partial charge in [-0.25, -0.2) is 4.79 Å². The molecule has 76 valence electrons. The minimum atomic E-state index is -0.270. The monoisotopic (exact) mass is 186 g/mol. The van der Waals surface area contributed by atoms with Gasteiger partial charge in [0.1, 0.15) is 0 Å². The van der Waals surface area contributed by atoms with E-state index in [0.717, 1.165) is 25.7 Å². The first-order valence-corrected chi connectivity index (χ1v) is 4.91. The minimum Gasteiger partial charge on any atom is -0.393 e. The van der Waals surface area contributed by atoms with Gasteiger partial charge in [-0.05, 0) is 32.6 Å². The lowest BCUT2D eigenvalue weighted by Gasteiger charge is -2.07. The van der Waals surface area contributed by atoms with E-state index in [-0.39, 0.29) is 12.1 Å². The van der Waals surface area contributed by atoms with Gasteiger partial charge in [-0.15, -0.1) is 0 Å². The first-order valence-electron chi connectivity index (χ1n) is 4.91. The van der Waals surface area contributed by atoms with E-state index in [4.69, 9.17) is 5.11 Å². The molecule has 4 heteroatoms. The number of rotatable bonds is 5. The van der Waals surface area contributed by atoms with Gasteiger partial charge in [0.2, 0.25) is 0 Å². The van der Waals surface area contributed by atoms with Crippen LogP contribution in [0.25, 0.3) is 0 Å². The molecule has 0 radical (unpaired) electrons. The number of aliphatic hydroxyl groups is 1. The van der Waals surface area contributed by atoms with Crippen LogP contribution >= 0.6 is 0 Å². The fourth-order valence-electron chi connectivity index (χ4n) is 1.06. The molecule has 4 nitrogen and oxygen atoms in total. The van der Waals surface area contributed by atoms with Crippen LogP contribution < -0.4 is 10.6 Å². The van der Waals surface area contributed by atoms with Gasteiger partial charge in [0, 0.05) is 12.6 Å². The zero-order valence-electron chi connectivity index (χ0n) is 8.05. The maximum atomic E-state index is 11.1. The van der Waals surface area contributed by atoms with Crippen LogP contribution in [0.4, 0.5) is 4.79 Å². The molecule has 0 aromatic heterocycles. The Labute approximate surface area is 78.7 Å². The molecule has 1 fully saturated rings. The molecule has 1 rings (SSSR count). The number of amides is 2. The fourth-order valence-corrected chi connectivity index (χ4v) is 1.06. The highest BCUT2D eigenvalue weighted by atomic mass is 16.3. The third-order valence-corrected chi connectivity index (χ3v) is 2.00. The average molecular weight is 186 g/mol. The molecule has 1 atom stereocenters. The van der Waals surface area contributed by atoms with Crippen molar-refractivity contribution in [3.63, 3.8) is 0 Å². The summed E-state index contributed by atoms with van der Waals surface area (Å²) in [5.74, 6) is 0. The number of hydrogen-bond donors (Lipinski definition) is 3. The largest absolute Gasteiger partial charge is 0.393 e. The van der Waals surface area contributed by atoms with E-state index in [9.17, 15) is 4.79 Å². The third-order valence-electron chi connectivity index (χ3n) is 2.00. The number of urea groups is 1. The van der Waals surface area contributed by atoms with Crippen molar-refractivity contribution in [3.8, 4) is 0 Å². The van der Waals surface area contributed by atoms with Crippen molar-refractivity contribution in [2.75, 3.05) is 6.54 Å². The summed E-state index contributed by atoms with van der Waals surface area (Å²) < 4.78 is 0. The Hall–Kier alpha value is -0.770. The zero-order chi connectivity index (χ0) is 9.68. The number of carbonyl (C=O) groups is 1.